The maximum atomic E-state index is 14.6. The van der Waals surface area contributed by atoms with Crippen molar-refractivity contribution in [3.63, 3.8) is 0 Å². The number of hydrogen-bond acceptors (Lipinski definition) is 7. The number of benzene rings is 3. The molecule has 6 atom stereocenters. The lowest BCUT2D eigenvalue weighted by Crippen LogP contribution is -2.55. The van der Waals surface area contributed by atoms with E-state index in [1.165, 1.54) is 4.90 Å². The van der Waals surface area contributed by atoms with Gasteiger partial charge in [-0.2, -0.15) is 0 Å². The number of nitrogens with one attached hydrogen (secondary N) is 1. The van der Waals surface area contributed by atoms with Crippen molar-refractivity contribution in [2.24, 2.45) is 11.8 Å². The van der Waals surface area contributed by atoms with Gasteiger partial charge in [0, 0.05) is 25.2 Å². The average molecular weight is 622 g/mol. The number of cyclic esters (lactones) is 1. The Morgan fingerprint density at radius 2 is 1.70 bits per heavy atom. The van der Waals surface area contributed by atoms with Gasteiger partial charge in [0.1, 0.15) is 18.2 Å². The molecule has 0 unspecified atom stereocenters. The molecule has 2 N–H and O–H groups in total. The number of β-amino-alcohol motifs (C(OH)–C–C–N with tert-alkyl or cyclic N) is 1. The number of likely N-dealkylation sites (tertiary alicyclic amines) is 1. The van der Waals surface area contributed by atoms with Crippen LogP contribution in [-0.2, 0) is 28.7 Å². The molecule has 3 aromatic rings. The third-order valence-electron chi connectivity index (χ3n) is 9.45. The van der Waals surface area contributed by atoms with Gasteiger partial charge in [-0.15, -0.1) is 0 Å². The number of esters is 1. The molecule has 2 saturated heterocycles. The molecular weight excluding hydrogens is 586 g/mol. The van der Waals surface area contributed by atoms with Gasteiger partial charge in [-0.3, -0.25) is 19.2 Å². The van der Waals surface area contributed by atoms with Crippen LogP contribution < -0.4 is 10.2 Å². The van der Waals surface area contributed by atoms with Gasteiger partial charge >= 0.3 is 5.97 Å². The van der Waals surface area contributed by atoms with Crippen molar-refractivity contribution in [1.82, 2.24) is 10.2 Å². The van der Waals surface area contributed by atoms with E-state index in [1.54, 1.807) is 23.1 Å². The molecule has 0 saturated carbocycles. The molecule has 0 bridgehead atoms. The minimum absolute atomic E-state index is 0.0708. The van der Waals surface area contributed by atoms with E-state index in [9.17, 15) is 24.3 Å². The number of ether oxygens (including phenoxy) is 2. The Hall–Kier alpha value is -4.80. The van der Waals surface area contributed by atoms with E-state index < -0.39 is 47.4 Å². The molecule has 2 fully saturated rings. The van der Waals surface area contributed by atoms with Crippen LogP contribution in [0.4, 0.5) is 5.69 Å². The molecule has 10 heteroatoms. The fourth-order valence-electron chi connectivity index (χ4n) is 7.36. The smallest absolute Gasteiger partial charge is 0.306 e. The predicted octanol–water partition coefficient (Wildman–Crippen LogP) is 3.07. The predicted molar refractivity (Wildman–Crippen MR) is 169 cm³/mol. The SMILES string of the molecule is O=C1CC/C=C\[C@H]2O[C@]34C=CCN(c5ccc6ccccc6c5)C(=O)[C@H]3N(CCO)C(=O)[C@@H]4[C@H]2C(=O)N[C@H](c2ccccc2)CO1. The summed E-state index contributed by atoms with van der Waals surface area (Å²) < 4.78 is 12.2. The van der Waals surface area contributed by atoms with Crippen molar-refractivity contribution in [3.05, 3.63) is 103 Å². The number of amides is 3. The summed E-state index contributed by atoms with van der Waals surface area (Å²) in [5.74, 6) is -3.63. The molecule has 4 heterocycles. The Morgan fingerprint density at radius 1 is 0.913 bits per heavy atom. The number of anilines is 1. The van der Waals surface area contributed by atoms with Crippen LogP contribution in [0.2, 0.25) is 0 Å². The zero-order chi connectivity index (χ0) is 31.8. The molecule has 0 radical (unpaired) electrons. The summed E-state index contributed by atoms with van der Waals surface area (Å²) in [6.07, 6.45) is 6.73. The van der Waals surface area contributed by atoms with Crippen LogP contribution in [0.15, 0.2) is 97.1 Å². The van der Waals surface area contributed by atoms with Crippen LogP contribution in [0.3, 0.4) is 0 Å². The second kappa shape index (κ2) is 12.2. The van der Waals surface area contributed by atoms with E-state index >= 15 is 0 Å². The highest BCUT2D eigenvalue weighted by Gasteiger charge is 2.71. The zero-order valence-corrected chi connectivity index (χ0v) is 25.2. The van der Waals surface area contributed by atoms with E-state index in [0.717, 1.165) is 16.3 Å². The summed E-state index contributed by atoms with van der Waals surface area (Å²) in [4.78, 5) is 58.6. The van der Waals surface area contributed by atoms with Gasteiger partial charge in [0.15, 0.2) is 0 Å². The standard InChI is InChI=1S/C36H35N3O7/c40-20-19-39-32-35(44)38(26-16-15-23-9-4-5-12-25(23)21-26)18-8-17-36(32)31(34(39)43)30-28(46-36)13-6-7-14-29(41)45-22-27(37-33(30)42)24-10-2-1-3-11-24/h1-6,8-13,15-17,21,27-28,30-32,40H,7,14,18-20,22H2,(H,37,42)/b13-6-/t27-,28+,30-,31-,32+,36-/m0/s1. The second-order valence-corrected chi connectivity index (χ2v) is 12.1. The van der Waals surface area contributed by atoms with E-state index in [-0.39, 0.29) is 44.6 Å². The maximum absolute atomic E-state index is 14.6. The molecular formula is C36H35N3O7. The summed E-state index contributed by atoms with van der Waals surface area (Å²) in [6, 6.07) is 21.1. The molecule has 46 heavy (non-hydrogen) atoms. The number of aliphatic hydroxyl groups excluding tert-OH is 1. The van der Waals surface area contributed by atoms with Crippen LogP contribution in [-0.4, -0.2) is 77.7 Å². The van der Waals surface area contributed by atoms with Crippen LogP contribution in [0.25, 0.3) is 10.8 Å². The molecule has 10 nitrogen and oxygen atoms in total. The monoisotopic (exact) mass is 621 g/mol. The molecule has 4 aliphatic heterocycles. The minimum atomic E-state index is -1.46. The van der Waals surface area contributed by atoms with Crippen LogP contribution in [0.1, 0.15) is 24.4 Å². The topological polar surface area (TPSA) is 125 Å². The van der Waals surface area contributed by atoms with Crippen molar-refractivity contribution < 1.29 is 33.8 Å². The van der Waals surface area contributed by atoms with Gasteiger partial charge in [-0.05, 0) is 34.9 Å². The number of carbonyl (C=O) groups excluding carboxylic acids is 4. The van der Waals surface area contributed by atoms with E-state index in [2.05, 4.69) is 5.32 Å². The lowest BCUT2D eigenvalue weighted by molar-refractivity contribution is -0.146. The normalized spacial score (nSPS) is 30.4. The van der Waals surface area contributed by atoms with Crippen molar-refractivity contribution in [1.29, 1.82) is 0 Å². The van der Waals surface area contributed by atoms with E-state index in [0.29, 0.717) is 12.1 Å². The Balaban J connectivity index is 1.29. The fraction of sp³-hybridized carbons (Fsp3) is 0.333. The molecule has 7 rings (SSSR count). The summed E-state index contributed by atoms with van der Waals surface area (Å²) >= 11 is 0. The molecule has 1 spiro atoms. The second-order valence-electron chi connectivity index (χ2n) is 12.1. The highest BCUT2D eigenvalue weighted by Crippen LogP contribution is 2.53. The highest BCUT2D eigenvalue weighted by molar-refractivity contribution is 6.06. The Morgan fingerprint density at radius 3 is 2.50 bits per heavy atom. The molecule has 0 aromatic heterocycles. The summed E-state index contributed by atoms with van der Waals surface area (Å²) in [5.41, 5.74) is -0.0435. The first-order valence-corrected chi connectivity index (χ1v) is 15.7. The maximum Gasteiger partial charge on any atom is 0.306 e. The van der Waals surface area contributed by atoms with E-state index in [4.69, 9.17) is 9.47 Å². The quantitative estimate of drug-likeness (QED) is 0.339. The molecule has 4 aliphatic rings. The fourth-order valence-corrected chi connectivity index (χ4v) is 7.36. The number of allylic oxidation sites excluding steroid dienone is 1. The number of nitrogens with zero attached hydrogens (tertiary/aromatic N) is 2. The summed E-state index contributed by atoms with van der Waals surface area (Å²) in [7, 11) is 0. The largest absolute Gasteiger partial charge is 0.463 e. The number of carbonyl (C=O) groups is 4. The molecule has 3 amide bonds. The van der Waals surface area contributed by atoms with Gasteiger partial charge in [0.2, 0.25) is 11.8 Å². The number of aliphatic hydroxyl groups is 1. The first-order chi connectivity index (χ1) is 22.4. The van der Waals surface area contributed by atoms with Crippen LogP contribution in [0.5, 0.6) is 0 Å². The summed E-state index contributed by atoms with van der Waals surface area (Å²) in [6.45, 7) is -0.286. The van der Waals surface area contributed by atoms with Gasteiger partial charge in [-0.1, -0.05) is 85.0 Å². The van der Waals surface area contributed by atoms with Crippen LogP contribution >= 0.6 is 0 Å². The van der Waals surface area contributed by atoms with Gasteiger partial charge in [0.05, 0.1) is 30.6 Å². The Kier molecular flexibility index (Phi) is 7.92. The lowest BCUT2D eigenvalue weighted by atomic mass is 9.77. The van der Waals surface area contributed by atoms with Crippen molar-refractivity contribution in [2.75, 3.05) is 31.2 Å². The van der Waals surface area contributed by atoms with Crippen LogP contribution in [0, 0.1) is 11.8 Å². The first-order valence-electron chi connectivity index (χ1n) is 15.7. The third kappa shape index (κ3) is 5.07. The third-order valence-corrected chi connectivity index (χ3v) is 9.45. The lowest BCUT2D eigenvalue weighted by Gasteiger charge is -2.35. The Labute approximate surface area is 266 Å². The first kappa shape index (κ1) is 29.9. The van der Waals surface area contributed by atoms with Crippen molar-refractivity contribution in [2.45, 2.75) is 36.6 Å². The average Bonchev–Trinajstić information content (AvgIpc) is 3.45. The number of rotatable bonds is 4. The Bertz CT molecular complexity index is 1740. The van der Waals surface area contributed by atoms with Crippen molar-refractivity contribution >= 4 is 40.2 Å². The van der Waals surface area contributed by atoms with Gasteiger partial charge in [0.25, 0.3) is 5.91 Å². The van der Waals surface area contributed by atoms with E-state index in [1.807, 2.05) is 78.9 Å². The molecule has 0 aliphatic carbocycles. The van der Waals surface area contributed by atoms with Gasteiger partial charge < -0.3 is 29.7 Å². The number of hydrogen-bond donors (Lipinski definition) is 2. The number of fused-ring (bicyclic) bond motifs is 3. The van der Waals surface area contributed by atoms with Crippen molar-refractivity contribution in [3.8, 4) is 0 Å². The molecule has 236 valence electrons. The summed E-state index contributed by atoms with van der Waals surface area (Å²) in [5, 5.41) is 15.0. The molecule has 3 aromatic carbocycles. The minimum Gasteiger partial charge on any atom is -0.463 e. The zero-order valence-electron chi connectivity index (χ0n) is 25.2. The van der Waals surface area contributed by atoms with Gasteiger partial charge in [-0.25, -0.2) is 0 Å². The highest BCUT2D eigenvalue weighted by atomic mass is 16.5.